The van der Waals surface area contributed by atoms with Crippen LogP contribution in [0.2, 0.25) is 5.02 Å². The Morgan fingerprint density at radius 1 is 1.29 bits per heavy atom. The molecule has 0 unspecified atom stereocenters. The minimum Gasteiger partial charge on any atom is -0.325 e. The smallest absolute Gasteiger partial charge is 0.289 e. The first kappa shape index (κ1) is 24.6. The summed E-state index contributed by atoms with van der Waals surface area (Å²) in [5.41, 5.74) is 3.19. The Kier molecular flexibility index (Phi) is 7.64. The highest BCUT2D eigenvalue weighted by molar-refractivity contribution is 7.99. The van der Waals surface area contributed by atoms with E-state index in [1.807, 2.05) is 22.8 Å². The zero-order valence-corrected chi connectivity index (χ0v) is 21.0. The molecule has 1 N–H and O–H groups in total. The van der Waals surface area contributed by atoms with Crippen LogP contribution in [0.1, 0.15) is 4.88 Å². The number of carbonyl (C=O) groups is 1. The van der Waals surface area contributed by atoms with Crippen LogP contribution < -0.4 is 5.32 Å². The third-order valence-corrected chi connectivity index (χ3v) is 7.26. The normalized spacial score (nSPS) is 10.8. The first-order valence-electron chi connectivity index (χ1n) is 10.4. The first-order valence-corrected chi connectivity index (χ1v) is 12.7. The Morgan fingerprint density at radius 3 is 2.77 bits per heavy atom. The molecule has 2 aromatic carbocycles. The second-order valence-electron chi connectivity index (χ2n) is 7.41. The summed E-state index contributed by atoms with van der Waals surface area (Å²) in [6.45, 7) is 6.40. The van der Waals surface area contributed by atoms with Crippen molar-refractivity contribution < 1.29 is 9.72 Å². The van der Waals surface area contributed by atoms with Crippen molar-refractivity contribution >= 4 is 52.0 Å². The van der Waals surface area contributed by atoms with E-state index in [0.29, 0.717) is 23.2 Å². The molecule has 4 aromatic rings. The summed E-state index contributed by atoms with van der Waals surface area (Å²) in [5, 5.41) is 25.1. The van der Waals surface area contributed by atoms with Crippen LogP contribution in [0.25, 0.3) is 22.5 Å². The maximum absolute atomic E-state index is 12.5. The topological polar surface area (TPSA) is 103 Å². The van der Waals surface area contributed by atoms with Gasteiger partial charge in [0.1, 0.15) is 5.02 Å². The number of carbonyl (C=O) groups excluding carboxylic acids is 1. The van der Waals surface area contributed by atoms with E-state index in [1.54, 1.807) is 17.4 Å². The molecule has 11 heteroatoms. The van der Waals surface area contributed by atoms with Gasteiger partial charge in [0.05, 0.1) is 10.7 Å². The lowest BCUT2D eigenvalue weighted by Crippen LogP contribution is -2.15. The lowest BCUT2D eigenvalue weighted by molar-refractivity contribution is -0.384. The lowest BCUT2D eigenvalue weighted by atomic mass is 10.0. The third kappa shape index (κ3) is 5.45. The van der Waals surface area contributed by atoms with E-state index >= 15 is 0 Å². The number of halogens is 1. The molecular weight excluding hydrogens is 506 g/mol. The number of anilines is 1. The number of nitrogens with zero attached hydrogens (tertiary/aromatic N) is 4. The number of nitro groups is 1. The largest absolute Gasteiger partial charge is 0.325 e. The summed E-state index contributed by atoms with van der Waals surface area (Å²) in [6, 6.07) is 14.2. The fraction of sp³-hybridized carbons (Fsp3) is 0.125. The van der Waals surface area contributed by atoms with Gasteiger partial charge in [-0.3, -0.25) is 19.5 Å². The number of hydrogen-bond acceptors (Lipinski definition) is 7. The van der Waals surface area contributed by atoms with Gasteiger partial charge in [-0.1, -0.05) is 59.8 Å². The van der Waals surface area contributed by atoms with Crippen LogP contribution in [0.15, 0.2) is 71.7 Å². The Labute approximate surface area is 214 Å². The summed E-state index contributed by atoms with van der Waals surface area (Å²) in [5.74, 6) is 0.405. The van der Waals surface area contributed by atoms with Crippen LogP contribution in [-0.4, -0.2) is 31.3 Å². The van der Waals surface area contributed by atoms with E-state index in [1.165, 1.54) is 34.8 Å². The Morgan fingerprint density at radius 2 is 2.06 bits per heavy atom. The fourth-order valence-electron chi connectivity index (χ4n) is 3.53. The molecule has 0 bridgehead atoms. The highest BCUT2D eigenvalue weighted by Crippen LogP contribution is 2.39. The molecule has 8 nitrogen and oxygen atoms in total. The number of nitrogens with one attached hydrogen (secondary N) is 1. The molecule has 2 heterocycles. The van der Waals surface area contributed by atoms with Crippen molar-refractivity contribution in [3.63, 3.8) is 0 Å². The van der Waals surface area contributed by atoms with Crippen molar-refractivity contribution in [2.75, 3.05) is 11.1 Å². The van der Waals surface area contributed by atoms with Crippen LogP contribution in [0, 0.1) is 17.0 Å². The van der Waals surface area contributed by atoms with Crippen molar-refractivity contribution in [1.82, 2.24) is 14.8 Å². The number of thiophene rings is 1. The summed E-state index contributed by atoms with van der Waals surface area (Å²) in [7, 11) is 0. The number of aromatic nitrogens is 3. The second kappa shape index (κ2) is 10.9. The molecule has 0 aliphatic rings. The number of allylic oxidation sites excluding steroid dienone is 1. The third-order valence-electron chi connectivity index (χ3n) is 5.07. The molecule has 0 fully saturated rings. The van der Waals surface area contributed by atoms with E-state index in [9.17, 15) is 14.9 Å². The highest BCUT2D eigenvalue weighted by Gasteiger charge is 2.21. The molecule has 4 rings (SSSR count). The van der Waals surface area contributed by atoms with Gasteiger partial charge in [0, 0.05) is 39.7 Å². The first-order chi connectivity index (χ1) is 16.9. The zero-order chi connectivity index (χ0) is 24.9. The number of aryl methyl sites for hydroxylation is 1. The van der Waals surface area contributed by atoms with Gasteiger partial charge in [-0.15, -0.1) is 28.1 Å². The number of nitro benzene ring substituents is 1. The SMILES string of the molecule is C=CCn1c(SCC(=O)Nc2ccc(Cl)c([N+](=O)[O-])c2)nnc1-c1csc(C)c1-c1ccccc1. The van der Waals surface area contributed by atoms with E-state index in [0.717, 1.165) is 16.7 Å². The number of benzene rings is 2. The molecule has 178 valence electrons. The molecule has 0 spiro atoms. The van der Waals surface area contributed by atoms with Crippen LogP contribution >= 0.6 is 34.7 Å². The molecule has 2 aromatic heterocycles. The fourth-order valence-corrected chi connectivity index (χ4v) is 5.33. The number of amides is 1. The average molecular weight is 526 g/mol. The Bertz CT molecular complexity index is 1400. The van der Waals surface area contributed by atoms with Crippen LogP contribution in [-0.2, 0) is 11.3 Å². The summed E-state index contributed by atoms with van der Waals surface area (Å²) >= 11 is 8.71. The number of rotatable bonds is 9. The van der Waals surface area contributed by atoms with Crippen molar-refractivity contribution in [1.29, 1.82) is 0 Å². The molecule has 0 saturated carbocycles. The predicted octanol–water partition coefficient (Wildman–Crippen LogP) is 6.46. The van der Waals surface area contributed by atoms with Crippen molar-refractivity contribution in [2.45, 2.75) is 18.6 Å². The minimum absolute atomic E-state index is 0.00553. The molecule has 0 radical (unpaired) electrons. The summed E-state index contributed by atoms with van der Waals surface area (Å²) in [4.78, 5) is 24.2. The highest BCUT2D eigenvalue weighted by atomic mass is 35.5. The van der Waals surface area contributed by atoms with Crippen LogP contribution in [0.3, 0.4) is 0 Å². The van der Waals surface area contributed by atoms with E-state index in [4.69, 9.17) is 11.6 Å². The molecule has 35 heavy (non-hydrogen) atoms. The van der Waals surface area contributed by atoms with Gasteiger partial charge in [-0.2, -0.15) is 0 Å². The zero-order valence-electron chi connectivity index (χ0n) is 18.6. The van der Waals surface area contributed by atoms with E-state index < -0.39 is 4.92 Å². The van der Waals surface area contributed by atoms with Gasteiger partial charge in [-0.05, 0) is 24.6 Å². The molecule has 1 amide bonds. The lowest BCUT2D eigenvalue weighted by Gasteiger charge is -2.10. The molecular formula is C24H20ClN5O3S2. The monoisotopic (exact) mass is 525 g/mol. The summed E-state index contributed by atoms with van der Waals surface area (Å²) in [6.07, 6.45) is 1.76. The van der Waals surface area contributed by atoms with Gasteiger partial charge in [0.25, 0.3) is 5.69 Å². The van der Waals surface area contributed by atoms with Crippen molar-refractivity contribution in [3.8, 4) is 22.5 Å². The molecule has 0 aliphatic carbocycles. The van der Waals surface area contributed by atoms with Crippen LogP contribution in [0.5, 0.6) is 0 Å². The molecule has 0 atom stereocenters. The van der Waals surface area contributed by atoms with Gasteiger partial charge in [-0.25, -0.2) is 0 Å². The standard InChI is InChI=1S/C24H20ClN5O3S2/c1-3-11-29-23(18-13-34-15(2)22(18)16-7-5-4-6-8-16)27-28-24(29)35-14-21(31)26-17-9-10-19(25)20(12-17)30(32)33/h3-10,12-13H,1,11,14H2,2H3,(H,26,31). The number of thioether (sulfide) groups is 1. The summed E-state index contributed by atoms with van der Waals surface area (Å²) < 4.78 is 1.92. The van der Waals surface area contributed by atoms with Gasteiger partial charge in [0.15, 0.2) is 11.0 Å². The molecule has 0 aliphatic heterocycles. The average Bonchev–Trinajstić information content (AvgIpc) is 3.42. The Balaban J connectivity index is 1.55. The minimum atomic E-state index is -0.595. The van der Waals surface area contributed by atoms with Gasteiger partial charge >= 0.3 is 0 Å². The molecule has 0 saturated heterocycles. The van der Waals surface area contributed by atoms with E-state index in [2.05, 4.69) is 46.5 Å². The van der Waals surface area contributed by atoms with Crippen molar-refractivity contribution in [2.24, 2.45) is 0 Å². The number of hydrogen-bond donors (Lipinski definition) is 1. The Hall–Kier alpha value is -3.47. The quantitative estimate of drug-likeness (QED) is 0.116. The maximum Gasteiger partial charge on any atom is 0.289 e. The van der Waals surface area contributed by atoms with Crippen LogP contribution in [0.4, 0.5) is 11.4 Å². The second-order valence-corrected chi connectivity index (χ2v) is 9.85. The predicted molar refractivity (Wildman–Crippen MR) is 141 cm³/mol. The maximum atomic E-state index is 12.5. The van der Waals surface area contributed by atoms with E-state index in [-0.39, 0.29) is 22.4 Å². The van der Waals surface area contributed by atoms with Gasteiger partial charge in [0.2, 0.25) is 5.91 Å². The van der Waals surface area contributed by atoms with Crippen molar-refractivity contribution in [3.05, 3.63) is 86.6 Å². The van der Waals surface area contributed by atoms with Gasteiger partial charge < -0.3 is 5.32 Å².